The van der Waals surface area contributed by atoms with Gasteiger partial charge in [0.1, 0.15) is 10.8 Å². The fourth-order valence-corrected chi connectivity index (χ4v) is 6.46. The fraction of sp³-hybridized carbons (Fsp3) is 0.333. The Hall–Kier alpha value is -2.16. The molecule has 0 aliphatic carbocycles. The first-order chi connectivity index (χ1) is 13.9. The van der Waals surface area contributed by atoms with Gasteiger partial charge in [-0.2, -0.15) is 4.31 Å². The van der Waals surface area contributed by atoms with Crippen molar-refractivity contribution in [2.75, 3.05) is 13.1 Å². The highest BCUT2D eigenvalue weighted by Gasteiger charge is 2.33. The fourth-order valence-electron chi connectivity index (χ4n) is 3.63. The average Bonchev–Trinajstić information content (AvgIpc) is 3.20. The van der Waals surface area contributed by atoms with Gasteiger partial charge in [0.05, 0.1) is 4.90 Å². The summed E-state index contributed by atoms with van der Waals surface area (Å²) < 4.78 is 42.1. The molecular weight excluding hydrogens is 409 g/mol. The second-order valence-corrected chi connectivity index (χ2v) is 10.3. The molecule has 0 amide bonds. The van der Waals surface area contributed by atoms with E-state index < -0.39 is 10.0 Å². The van der Waals surface area contributed by atoms with Crippen LogP contribution in [-0.2, 0) is 10.0 Å². The summed E-state index contributed by atoms with van der Waals surface area (Å²) in [6, 6.07) is 12.0. The van der Waals surface area contributed by atoms with Crippen molar-refractivity contribution in [3.8, 4) is 10.6 Å². The van der Waals surface area contributed by atoms with Gasteiger partial charge >= 0.3 is 0 Å². The van der Waals surface area contributed by atoms with Crippen molar-refractivity contribution in [3.05, 3.63) is 64.4 Å². The van der Waals surface area contributed by atoms with E-state index in [2.05, 4.69) is 10.2 Å². The summed E-state index contributed by atoms with van der Waals surface area (Å²) in [6.07, 6.45) is 1.59. The van der Waals surface area contributed by atoms with E-state index in [9.17, 15) is 12.8 Å². The summed E-state index contributed by atoms with van der Waals surface area (Å²) >= 11 is 1.34. The molecule has 1 aliphatic heterocycles. The van der Waals surface area contributed by atoms with E-state index in [0.717, 1.165) is 29.0 Å². The first-order valence-corrected chi connectivity index (χ1v) is 11.8. The second kappa shape index (κ2) is 7.93. The van der Waals surface area contributed by atoms with Crippen LogP contribution >= 0.6 is 11.3 Å². The summed E-state index contributed by atoms with van der Waals surface area (Å²) in [4.78, 5) is 0.363. The molecule has 1 unspecified atom stereocenters. The molecule has 0 N–H and O–H groups in total. The third-order valence-corrected chi connectivity index (χ3v) is 8.37. The Labute approximate surface area is 174 Å². The largest absolute Gasteiger partial charge is 0.243 e. The molecule has 4 rings (SSSR count). The van der Waals surface area contributed by atoms with Gasteiger partial charge in [0.15, 0.2) is 5.01 Å². The van der Waals surface area contributed by atoms with Gasteiger partial charge in [-0.3, -0.25) is 0 Å². The van der Waals surface area contributed by atoms with Crippen molar-refractivity contribution in [2.45, 2.75) is 37.5 Å². The highest BCUT2D eigenvalue weighted by molar-refractivity contribution is 7.89. The monoisotopic (exact) mass is 431 g/mol. The molecular formula is C21H22FN3O2S2. The molecule has 5 nitrogen and oxygen atoms in total. The van der Waals surface area contributed by atoms with E-state index in [-0.39, 0.29) is 11.7 Å². The lowest BCUT2D eigenvalue weighted by molar-refractivity contribution is 0.314. The quantitative estimate of drug-likeness (QED) is 0.609. The summed E-state index contributed by atoms with van der Waals surface area (Å²) in [5, 5.41) is 9.69. The van der Waals surface area contributed by atoms with Crippen molar-refractivity contribution in [1.29, 1.82) is 0 Å². The molecule has 0 spiro atoms. The summed E-state index contributed by atoms with van der Waals surface area (Å²) in [7, 11) is -3.58. The number of benzene rings is 2. The Balaban J connectivity index is 1.59. The summed E-state index contributed by atoms with van der Waals surface area (Å²) in [5.74, 6) is -0.375. The van der Waals surface area contributed by atoms with Crippen LogP contribution in [0.3, 0.4) is 0 Å². The maximum atomic E-state index is 14.1. The molecule has 1 aromatic heterocycles. The first-order valence-electron chi connectivity index (χ1n) is 9.52. The Bertz CT molecular complexity index is 1140. The van der Waals surface area contributed by atoms with Gasteiger partial charge in [-0.1, -0.05) is 35.6 Å². The summed E-state index contributed by atoms with van der Waals surface area (Å²) in [6.45, 7) is 4.56. The molecule has 1 saturated heterocycles. The van der Waals surface area contributed by atoms with Crippen LogP contribution in [0.15, 0.2) is 47.4 Å². The standard InChI is InChI=1S/C21H22FN3O2S2/c1-14-9-10-15(2)19(12-14)29(26,27)25-11-5-6-16(13-25)20-23-24-21(28-20)17-7-3-4-8-18(17)22/h3-4,7-10,12,16H,5-6,11,13H2,1-2H3. The van der Waals surface area contributed by atoms with Crippen molar-refractivity contribution in [3.63, 3.8) is 0 Å². The van der Waals surface area contributed by atoms with Crippen LogP contribution in [0.5, 0.6) is 0 Å². The lowest BCUT2D eigenvalue weighted by Gasteiger charge is -2.31. The number of piperidine rings is 1. The molecule has 0 radical (unpaired) electrons. The second-order valence-electron chi connectivity index (χ2n) is 7.40. The SMILES string of the molecule is Cc1ccc(C)c(S(=O)(=O)N2CCCC(c3nnc(-c4ccccc4F)s3)C2)c1. The minimum absolute atomic E-state index is 0.0401. The highest BCUT2D eigenvalue weighted by atomic mass is 32.2. The zero-order chi connectivity index (χ0) is 20.6. The van der Waals surface area contributed by atoms with Crippen LogP contribution in [0.1, 0.15) is 34.9 Å². The van der Waals surface area contributed by atoms with E-state index in [0.29, 0.717) is 28.6 Å². The third-order valence-electron chi connectivity index (χ3n) is 5.24. The molecule has 0 bridgehead atoms. The molecule has 1 atom stereocenters. The maximum absolute atomic E-state index is 14.1. The van der Waals surface area contributed by atoms with E-state index >= 15 is 0 Å². The van der Waals surface area contributed by atoms with Gasteiger partial charge in [-0.15, -0.1) is 10.2 Å². The molecule has 0 saturated carbocycles. The summed E-state index contributed by atoms with van der Waals surface area (Å²) in [5.41, 5.74) is 2.09. The number of halogens is 1. The highest BCUT2D eigenvalue weighted by Crippen LogP contribution is 2.35. The average molecular weight is 432 g/mol. The van der Waals surface area contributed by atoms with E-state index in [1.54, 1.807) is 28.6 Å². The molecule has 1 aliphatic rings. The van der Waals surface area contributed by atoms with Crippen molar-refractivity contribution >= 4 is 21.4 Å². The Morgan fingerprint density at radius 3 is 2.72 bits per heavy atom. The molecule has 1 fully saturated rings. The van der Waals surface area contributed by atoms with E-state index in [1.165, 1.54) is 17.4 Å². The third kappa shape index (κ3) is 3.97. The minimum Gasteiger partial charge on any atom is -0.207 e. The molecule has 152 valence electrons. The van der Waals surface area contributed by atoms with Crippen LogP contribution in [-0.4, -0.2) is 36.0 Å². The van der Waals surface area contributed by atoms with Crippen molar-refractivity contribution in [2.24, 2.45) is 0 Å². The van der Waals surface area contributed by atoms with Gasteiger partial charge in [0.25, 0.3) is 0 Å². The Morgan fingerprint density at radius 1 is 1.14 bits per heavy atom. The van der Waals surface area contributed by atoms with Gasteiger partial charge < -0.3 is 0 Å². The van der Waals surface area contributed by atoms with Gasteiger partial charge in [-0.25, -0.2) is 12.8 Å². The zero-order valence-corrected chi connectivity index (χ0v) is 17.9. The molecule has 8 heteroatoms. The molecule has 3 aromatic rings. The van der Waals surface area contributed by atoms with Crippen LogP contribution in [0, 0.1) is 19.7 Å². The van der Waals surface area contributed by atoms with Crippen LogP contribution in [0.25, 0.3) is 10.6 Å². The predicted octanol–water partition coefficient (Wildman–Crippen LogP) is 4.53. The number of aromatic nitrogens is 2. The van der Waals surface area contributed by atoms with Crippen molar-refractivity contribution < 1.29 is 12.8 Å². The van der Waals surface area contributed by atoms with Crippen LogP contribution in [0.4, 0.5) is 4.39 Å². The van der Waals surface area contributed by atoms with Crippen molar-refractivity contribution in [1.82, 2.24) is 14.5 Å². The van der Waals surface area contributed by atoms with Gasteiger partial charge in [0, 0.05) is 24.6 Å². The predicted molar refractivity (Wildman–Crippen MR) is 112 cm³/mol. The number of rotatable bonds is 4. The molecule has 2 aromatic carbocycles. The normalized spacial score (nSPS) is 18.1. The van der Waals surface area contributed by atoms with Gasteiger partial charge in [0.2, 0.25) is 10.0 Å². The maximum Gasteiger partial charge on any atom is 0.243 e. The number of nitrogens with zero attached hydrogens (tertiary/aromatic N) is 3. The Kier molecular flexibility index (Phi) is 5.50. The molecule has 2 heterocycles. The number of hydrogen-bond donors (Lipinski definition) is 0. The first kappa shape index (κ1) is 20.1. The minimum atomic E-state index is -3.58. The number of sulfonamides is 1. The topological polar surface area (TPSA) is 63.2 Å². The van der Waals surface area contributed by atoms with Crippen LogP contribution < -0.4 is 0 Å². The number of aryl methyl sites for hydroxylation is 2. The zero-order valence-electron chi connectivity index (χ0n) is 16.3. The smallest absolute Gasteiger partial charge is 0.207 e. The lowest BCUT2D eigenvalue weighted by Crippen LogP contribution is -2.39. The van der Waals surface area contributed by atoms with Crippen LogP contribution in [0.2, 0.25) is 0 Å². The number of hydrogen-bond acceptors (Lipinski definition) is 5. The molecule has 29 heavy (non-hydrogen) atoms. The van der Waals surface area contributed by atoms with Gasteiger partial charge in [-0.05, 0) is 56.0 Å². The van der Waals surface area contributed by atoms with E-state index in [4.69, 9.17) is 0 Å². The Morgan fingerprint density at radius 2 is 1.93 bits per heavy atom. The van der Waals surface area contributed by atoms with E-state index in [1.807, 2.05) is 26.0 Å². The lowest BCUT2D eigenvalue weighted by atomic mass is 10.0.